The fourth-order valence-electron chi connectivity index (χ4n) is 3.52. The molecule has 0 fully saturated rings. The van der Waals surface area contributed by atoms with Crippen molar-refractivity contribution in [2.24, 2.45) is 5.10 Å². The molecule has 8 heteroatoms. The summed E-state index contributed by atoms with van der Waals surface area (Å²) in [5.41, 5.74) is 4.43. The van der Waals surface area contributed by atoms with Gasteiger partial charge in [0.05, 0.1) is 18.9 Å². The first kappa shape index (κ1) is 24.2. The Labute approximate surface area is 207 Å². The van der Waals surface area contributed by atoms with Crippen molar-refractivity contribution >= 4 is 40.5 Å². The van der Waals surface area contributed by atoms with Crippen LogP contribution in [-0.2, 0) is 9.59 Å². The van der Waals surface area contributed by atoms with Gasteiger partial charge in [-0.05, 0) is 48.0 Å². The molecular weight excluding hydrogens is 458 g/mol. The molecule has 0 unspecified atom stereocenters. The molecule has 2 amide bonds. The van der Waals surface area contributed by atoms with Crippen molar-refractivity contribution in [1.82, 2.24) is 5.43 Å². The molecular formula is C28H23N3O5. The summed E-state index contributed by atoms with van der Waals surface area (Å²) in [5.74, 6) is -1.59. The lowest BCUT2D eigenvalue weighted by atomic mass is 10.0. The van der Waals surface area contributed by atoms with Crippen molar-refractivity contribution in [1.29, 1.82) is 0 Å². The molecule has 0 spiro atoms. The minimum absolute atomic E-state index is 0.263. The van der Waals surface area contributed by atoms with Gasteiger partial charge < -0.3 is 14.8 Å². The number of amides is 2. The second-order valence-corrected chi connectivity index (χ2v) is 7.84. The summed E-state index contributed by atoms with van der Waals surface area (Å²) in [6.45, 7) is 1.89. The van der Waals surface area contributed by atoms with Crippen LogP contribution in [0.2, 0.25) is 0 Å². The molecule has 0 aromatic heterocycles. The number of esters is 1. The molecule has 0 saturated heterocycles. The van der Waals surface area contributed by atoms with Crippen molar-refractivity contribution in [3.63, 3.8) is 0 Å². The number of hydrogen-bond acceptors (Lipinski definition) is 6. The summed E-state index contributed by atoms with van der Waals surface area (Å²) in [7, 11) is 1.50. The Hall–Kier alpha value is -4.98. The minimum atomic E-state index is -0.965. The molecule has 4 rings (SSSR count). The number of hydrazone groups is 1. The Morgan fingerprint density at radius 1 is 0.861 bits per heavy atom. The van der Waals surface area contributed by atoms with Gasteiger partial charge in [0, 0.05) is 17.3 Å². The highest BCUT2D eigenvalue weighted by atomic mass is 16.5. The Morgan fingerprint density at radius 3 is 2.47 bits per heavy atom. The van der Waals surface area contributed by atoms with Crippen molar-refractivity contribution in [3.05, 3.63) is 102 Å². The molecule has 36 heavy (non-hydrogen) atoms. The van der Waals surface area contributed by atoms with E-state index < -0.39 is 17.8 Å². The summed E-state index contributed by atoms with van der Waals surface area (Å²) < 4.78 is 10.8. The van der Waals surface area contributed by atoms with E-state index in [2.05, 4.69) is 15.8 Å². The number of aryl methyl sites for hydroxylation is 1. The van der Waals surface area contributed by atoms with E-state index in [4.69, 9.17) is 9.47 Å². The highest BCUT2D eigenvalue weighted by Gasteiger charge is 2.15. The summed E-state index contributed by atoms with van der Waals surface area (Å²) in [4.78, 5) is 37.3. The molecule has 0 aliphatic rings. The number of fused-ring (bicyclic) bond motifs is 1. The van der Waals surface area contributed by atoms with E-state index in [0.717, 1.165) is 16.3 Å². The third kappa shape index (κ3) is 5.74. The fourth-order valence-corrected chi connectivity index (χ4v) is 3.52. The summed E-state index contributed by atoms with van der Waals surface area (Å²) in [5, 5.41) is 8.06. The quantitative estimate of drug-likeness (QED) is 0.139. The number of anilines is 1. The molecule has 0 saturated carbocycles. The first-order valence-corrected chi connectivity index (χ1v) is 11.0. The van der Waals surface area contributed by atoms with Crippen LogP contribution in [0.25, 0.3) is 10.8 Å². The van der Waals surface area contributed by atoms with Crippen molar-refractivity contribution in [2.75, 3.05) is 12.4 Å². The molecule has 0 aliphatic carbocycles. The summed E-state index contributed by atoms with van der Waals surface area (Å²) >= 11 is 0. The molecule has 0 aliphatic heterocycles. The monoisotopic (exact) mass is 481 g/mol. The van der Waals surface area contributed by atoms with Gasteiger partial charge in [0.2, 0.25) is 0 Å². The highest BCUT2D eigenvalue weighted by molar-refractivity contribution is 6.39. The van der Waals surface area contributed by atoms with Gasteiger partial charge in [-0.15, -0.1) is 0 Å². The number of carbonyl (C=O) groups is 3. The number of carbonyl (C=O) groups excluding carboxylic acids is 3. The molecule has 0 radical (unpaired) electrons. The van der Waals surface area contributed by atoms with Gasteiger partial charge in [0.15, 0.2) is 0 Å². The third-order valence-electron chi connectivity index (χ3n) is 5.28. The van der Waals surface area contributed by atoms with Crippen LogP contribution in [0.4, 0.5) is 5.69 Å². The highest BCUT2D eigenvalue weighted by Crippen LogP contribution is 2.27. The zero-order valence-electron chi connectivity index (χ0n) is 19.6. The van der Waals surface area contributed by atoms with E-state index in [1.54, 1.807) is 48.5 Å². The Morgan fingerprint density at radius 2 is 1.67 bits per heavy atom. The van der Waals surface area contributed by atoms with Crippen LogP contribution in [0.5, 0.6) is 11.5 Å². The number of benzene rings is 4. The second kappa shape index (κ2) is 11.0. The van der Waals surface area contributed by atoms with Crippen LogP contribution < -0.4 is 20.2 Å². The average Bonchev–Trinajstić information content (AvgIpc) is 2.89. The maximum atomic E-state index is 12.7. The maximum absolute atomic E-state index is 12.7. The lowest BCUT2D eigenvalue weighted by molar-refractivity contribution is -0.136. The lowest BCUT2D eigenvalue weighted by Crippen LogP contribution is -2.32. The Kier molecular flexibility index (Phi) is 7.36. The van der Waals surface area contributed by atoms with Crippen molar-refractivity contribution in [2.45, 2.75) is 6.92 Å². The Bertz CT molecular complexity index is 1480. The molecule has 180 valence electrons. The number of rotatable bonds is 6. The Balaban J connectivity index is 1.53. The molecule has 0 atom stereocenters. The zero-order valence-corrected chi connectivity index (χ0v) is 19.6. The standard InChI is InChI=1S/C28H23N3O5/c1-18-7-5-9-20(15-18)28(34)36-25-14-13-19-8-3-4-12-23(19)24(25)17-29-31-27(33)26(32)30-21-10-6-11-22(16-21)35-2/h3-17H,1-2H3,(H,30,32)(H,31,33)/b29-17-. The van der Waals surface area contributed by atoms with E-state index in [1.165, 1.54) is 13.3 Å². The zero-order chi connectivity index (χ0) is 25.5. The van der Waals surface area contributed by atoms with Crippen molar-refractivity contribution in [3.8, 4) is 11.5 Å². The number of methoxy groups -OCH3 is 1. The van der Waals surface area contributed by atoms with Crippen LogP contribution in [-0.4, -0.2) is 31.1 Å². The average molecular weight is 482 g/mol. The number of nitrogens with one attached hydrogen (secondary N) is 2. The van der Waals surface area contributed by atoms with Crippen LogP contribution in [0.15, 0.2) is 90.0 Å². The minimum Gasteiger partial charge on any atom is -0.497 e. The summed E-state index contributed by atoms with van der Waals surface area (Å²) in [6, 6.07) is 24.6. The van der Waals surface area contributed by atoms with Crippen molar-refractivity contribution < 1.29 is 23.9 Å². The topological polar surface area (TPSA) is 106 Å². The lowest BCUT2D eigenvalue weighted by Gasteiger charge is -2.11. The summed E-state index contributed by atoms with van der Waals surface area (Å²) in [6.07, 6.45) is 1.35. The largest absolute Gasteiger partial charge is 0.497 e. The van der Waals surface area contributed by atoms with E-state index in [0.29, 0.717) is 22.6 Å². The van der Waals surface area contributed by atoms with Gasteiger partial charge in [0.25, 0.3) is 0 Å². The third-order valence-corrected chi connectivity index (χ3v) is 5.28. The van der Waals surface area contributed by atoms with E-state index in [9.17, 15) is 14.4 Å². The SMILES string of the molecule is COc1cccc(NC(=O)C(=O)N/N=C\c2c(OC(=O)c3cccc(C)c3)ccc3ccccc23)c1. The van der Waals surface area contributed by atoms with Gasteiger partial charge in [-0.25, -0.2) is 10.2 Å². The normalized spacial score (nSPS) is 10.7. The van der Waals surface area contributed by atoms with E-state index in [1.807, 2.05) is 43.3 Å². The number of hydrogen-bond donors (Lipinski definition) is 2. The van der Waals surface area contributed by atoms with Gasteiger partial charge >= 0.3 is 17.8 Å². The van der Waals surface area contributed by atoms with Crippen LogP contribution in [0.1, 0.15) is 21.5 Å². The molecule has 8 nitrogen and oxygen atoms in total. The molecule has 4 aromatic carbocycles. The molecule has 4 aromatic rings. The second-order valence-electron chi connectivity index (χ2n) is 7.84. The predicted octanol–water partition coefficient (Wildman–Crippen LogP) is 4.46. The number of nitrogens with zero attached hydrogens (tertiary/aromatic N) is 1. The van der Waals surface area contributed by atoms with Crippen LogP contribution in [0, 0.1) is 6.92 Å². The van der Waals surface area contributed by atoms with Crippen LogP contribution >= 0.6 is 0 Å². The molecule has 0 bridgehead atoms. The predicted molar refractivity (Wildman–Crippen MR) is 137 cm³/mol. The fraction of sp³-hybridized carbons (Fsp3) is 0.0714. The molecule has 0 heterocycles. The maximum Gasteiger partial charge on any atom is 0.343 e. The molecule has 2 N–H and O–H groups in total. The van der Waals surface area contributed by atoms with Crippen LogP contribution in [0.3, 0.4) is 0 Å². The number of ether oxygens (including phenoxy) is 2. The first-order chi connectivity index (χ1) is 17.4. The van der Waals surface area contributed by atoms with E-state index in [-0.39, 0.29) is 5.75 Å². The van der Waals surface area contributed by atoms with Gasteiger partial charge in [0.1, 0.15) is 11.5 Å². The van der Waals surface area contributed by atoms with E-state index >= 15 is 0 Å². The smallest absolute Gasteiger partial charge is 0.343 e. The first-order valence-electron chi connectivity index (χ1n) is 11.0. The van der Waals surface area contributed by atoms with Gasteiger partial charge in [-0.2, -0.15) is 5.10 Å². The van der Waals surface area contributed by atoms with Gasteiger partial charge in [-0.1, -0.05) is 54.1 Å². The van der Waals surface area contributed by atoms with Gasteiger partial charge in [-0.3, -0.25) is 9.59 Å².